The molecule has 15 heavy (non-hydrogen) atoms. The van der Waals surface area contributed by atoms with Crippen molar-refractivity contribution in [2.75, 3.05) is 0 Å². The van der Waals surface area contributed by atoms with E-state index in [4.69, 9.17) is 0 Å². The number of hydrogen-bond acceptors (Lipinski definition) is 0. The van der Waals surface area contributed by atoms with Crippen LogP contribution in [0.5, 0.6) is 0 Å². The van der Waals surface area contributed by atoms with Crippen molar-refractivity contribution in [1.29, 1.82) is 0 Å². The summed E-state index contributed by atoms with van der Waals surface area (Å²) in [5.74, 6) is 0. The van der Waals surface area contributed by atoms with Crippen molar-refractivity contribution in [3.05, 3.63) is 61.3 Å². The lowest BCUT2D eigenvalue weighted by Gasteiger charge is -1.95. The van der Waals surface area contributed by atoms with E-state index >= 15 is 0 Å². The average Bonchev–Trinajstić information content (AvgIpc) is 2.34. The second-order valence-corrected chi connectivity index (χ2v) is 2.14. The van der Waals surface area contributed by atoms with Gasteiger partial charge in [-0.25, -0.2) is 0 Å². The molecular formula is C15H26. The number of hydrogen-bond donors (Lipinski definition) is 0. The highest BCUT2D eigenvalue weighted by atomic mass is 13.9. The maximum Gasteiger partial charge on any atom is -0.0233 e. The van der Waals surface area contributed by atoms with Crippen LogP contribution >= 0.6 is 0 Å². The van der Waals surface area contributed by atoms with Gasteiger partial charge in [-0.1, -0.05) is 77.8 Å². The van der Waals surface area contributed by atoms with Crippen LogP contribution in [0.4, 0.5) is 0 Å². The van der Waals surface area contributed by atoms with Gasteiger partial charge in [-0.2, -0.15) is 0 Å². The van der Waals surface area contributed by atoms with Crippen LogP contribution in [-0.4, -0.2) is 0 Å². The summed E-state index contributed by atoms with van der Waals surface area (Å²) < 4.78 is 0. The van der Waals surface area contributed by atoms with E-state index in [2.05, 4.69) is 19.7 Å². The summed E-state index contributed by atoms with van der Waals surface area (Å²) in [6.07, 6.45) is 9.18. The molecule has 0 N–H and O–H groups in total. The Kier molecular flexibility index (Phi) is 23.8. The van der Waals surface area contributed by atoms with Crippen LogP contribution in [0, 0.1) is 0 Å². The van der Waals surface area contributed by atoms with Crippen LogP contribution in [0.3, 0.4) is 0 Å². The summed E-state index contributed by atoms with van der Waals surface area (Å²) >= 11 is 0. The second-order valence-electron chi connectivity index (χ2n) is 2.14. The maximum atomic E-state index is 3.69. The molecule has 0 unspecified atom stereocenters. The van der Waals surface area contributed by atoms with Gasteiger partial charge >= 0.3 is 0 Å². The lowest BCUT2D eigenvalue weighted by molar-refractivity contribution is 1.46. The van der Waals surface area contributed by atoms with Crippen LogP contribution in [0.15, 0.2) is 61.3 Å². The van der Waals surface area contributed by atoms with E-state index in [9.17, 15) is 0 Å². The zero-order chi connectivity index (χ0) is 12.7. The fourth-order valence-corrected chi connectivity index (χ4v) is 0.650. The molecule has 86 valence electrons. The molecular weight excluding hydrogens is 180 g/mol. The quantitative estimate of drug-likeness (QED) is 0.535. The summed E-state index contributed by atoms with van der Waals surface area (Å²) in [4.78, 5) is 0. The van der Waals surface area contributed by atoms with Gasteiger partial charge < -0.3 is 0 Å². The molecule has 0 aromatic carbocycles. The summed E-state index contributed by atoms with van der Waals surface area (Å²) in [6, 6.07) is 0. The van der Waals surface area contributed by atoms with Gasteiger partial charge in [0.25, 0.3) is 0 Å². The lowest BCUT2D eigenvalue weighted by Crippen LogP contribution is -1.75. The molecule has 0 amide bonds. The Balaban J connectivity index is -0.000000318. The summed E-state index contributed by atoms with van der Waals surface area (Å²) in [5.41, 5.74) is 2.21. The highest BCUT2D eigenvalue weighted by Gasteiger charge is 1.87. The monoisotopic (exact) mass is 206 g/mol. The first kappa shape index (κ1) is 19.3. The minimum Gasteiger partial charge on any atom is -0.0991 e. The van der Waals surface area contributed by atoms with E-state index in [1.807, 2.05) is 52.8 Å². The predicted octanol–water partition coefficient (Wildman–Crippen LogP) is 5.47. The first-order valence-electron chi connectivity index (χ1n) is 5.51. The van der Waals surface area contributed by atoms with Gasteiger partial charge in [-0.15, -0.1) is 0 Å². The standard InChI is InChI=1S/C11H14.2C2H6/c1-5-8-9-11(7-3)10(4)6-2;2*1-2/h5-9H,1-3H2,4H3;2*1-2H3/b9-8-,11-10+;;. The zero-order valence-electron chi connectivity index (χ0n) is 11.0. The molecule has 0 saturated heterocycles. The highest BCUT2D eigenvalue weighted by Crippen LogP contribution is 2.07. The topological polar surface area (TPSA) is 0 Å². The Bertz CT molecular complexity index is 214. The van der Waals surface area contributed by atoms with Crippen LogP contribution in [-0.2, 0) is 0 Å². The molecule has 0 aliphatic heterocycles. The predicted molar refractivity (Wildman–Crippen MR) is 75.1 cm³/mol. The number of allylic oxidation sites excluding steroid dienone is 7. The summed E-state index contributed by atoms with van der Waals surface area (Å²) in [7, 11) is 0. The van der Waals surface area contributed by atoms with Gasteiger partial charge in [0.2, 0.25) is 0 Å². The Morgan fingerprint density at radius 3 is 1.60 bits per heavy atom. The third-order valence-corrected chi connectivity index (χ3v) is 1.39. The van der Waals surface area contributed by atoms with Crippen molar-refractivity contribution in [2.24, 2.45) is 0 Å². The summed E-state index contributed by atoms with van der Waals surface area (Å²) in [5, 5.41) is 0. The minimum absolute atomic E-state index is 1.08. The highest BCUT2D eigenvalue weighted by molar-refractivity contribution is 5.39. The molecule has 0 bridgehead atoms. The maximum absolute atomic E-state index is 3.69. The zero-order valence-corrected chi connectivity index (χ0v) is 11.0. The van der Waals surface area contributed by atoms with E-state index < -0.39 is 0 Å². The Hall–Kier alpha value is -1.30. The normalized spacial score (nSPS) is 9.93. The van der Waals surface area contributed by atoms with Gasteiger partial charge in [-0.05, 0) is 18.1 Å². The SMILES string of the molecule is C=C/C=C\C(C=C)=C(/C)C=C.CC.CC. The molecule has 0 aromatic heterocycles. The molecule has 0 fully saturated rings. The van der Waals surface area contributed by atoms with Crippen LogP contribution in [0.25, 0.3) is 0 Å². The molecule has 0 radical (unpaired) electrons. The molecule has 0 heterocycles. The molecule has 0 rings (SSSR count). The van der Waals surface area contributed by atoms with Crippen LogP contribution in [0.2, 0.25) is 0 Å². The first-order chi connectivity index (χ1) is 7.26. The third-order valence-electron chi connectivity index (χ3n) is 1.39. The molecule has 0 aliphatic rings. The second kappa shape index (κ2) is 18.5. The van der Waals surface area contributed by atoms with Crippen molar-refractivity contribution in [2.45, 2.75) is 34.6 Å². The van der Waals surface area contributed by atoms with Gasteiger partial charge in [0.05, 0.1) is 0 Å². The average molecular weight is 206 g/mol. The molecule has 0 heteroatoms. The van der Waals surface area contributed by atoms with E-state index in [1.165, 1.54) is 0 Å². The smallest absolute Gasteiger partial charge is 0.0233 e. The van der Waals surface area contributed by atoms with Gasteiger partial charge in [0.15, 0.2) is 0 Å². The van der Waals surface area contributed by atoms with E-state index in [0.29, 0.717) is 0 Å². The number of rotatable bonds is 4. The fraction of sp³-hybridized carbons (Fsp3) is 0.333. The largest absolute Gasteiger partial charge is 0.0991 e. The molecule has 0 aromatic rings. The molecule has 0 nitrogen and oxygen atoms in total. The van der Waals surface area contributed by atoms with E-state index in [1.54, 1.807) is 12.2 Å². The molecule has 0 saturated carbocycles. The Morgan fingerprint density at radius 1 is 0.867 bits per heavy atom. The molecule has 0 aliphatic carbocycles. The van der Waals surface area contributed by atoms with E-state index in [-0.39, 0.29) is 0 Å². The van der Waals surface area contributed by atoms with Crippen molar-refractivity contribution in [3.8, 4) is 0 Å². The summed E-state index contributed by atoms with van der Waals surface area (Å²) in [6.45, 7) is 20.9. The van der Waals surface area contributed by atoms with Crippen LogP contribution < -0.4 is 0 Å². The lowest BCUT2D eigenvalue weighted by atomic mass is 10.1. The van der Waals surface area contributed by atoms with Gasteiger partial charge in [-0.3, -0.25) is 0 Å². The van der Waals surface area contributed by atoms with Crippen molar-refractivity contribution < 1.29 is 0 Å². The van der Waals surface area contributed by atoms with Crippen molar-refractivity contribution in [3.63, 3.8) is 0 Å². The first-order valence-corrected chi connectivity index (χ1v) is 5.51. The van der Waals surface area contributed by atoms with Crippen molar-refractivity contribution >= 4 is 0 Å². The van der Waals surface area contributed by atoms with Gasteiger partial charge in [0, 0.05) is 0 Å². The Labute approximate surface area is 96.4 Å². The van der Waals surface area contributed by atoms with Crippen LogP contribution in [0.1, 0.15) is 34.6 Å². The minimum atomic E-state index is 1.08. The molecule has 0 atom stereocenters. The van der Waals surface area contributed by atoms with Gasteiger partial charge in [0.1, 0.15) is 0 Å². The fourth-order valence-electron chi connectivity index (χ4n) is 0.650. The van der Waals surface area contributed by atoms with Crippen molar-refractivity contribution in [1.82, 2.24) is 0 Å². The Morgan fingerprint density at radius 2 is 1.33 bits per heavy atom. The van der Waals surface area contributed by atoms with E-state index in [0.717, 1.165) is 11.1 Å². The third kappa shape index (κ3) is 12.7. The molecule has 0 spiro atoms.